The van der Waals surface area contributed by atoms with Crippen LogP contribution in [0.1, 0.15) is 43.7 Å². The molecule has 0 saturated heterocycles. The van der Waals surface area contributed by atoms with Gasteiger partial charge < -0.3 is 29.4 Å². The molecule has 2 aromatic carbocycles. The number of aromatic nitrogens is 4. The highest BCUT2D eigenvalue weighted by Crippen LogP contribution is 2.34. The third kappa shape index (κ3) is 4.86. The van der Waals surface area contributed by atoms with Gasteiger partial charge in [-0.3, -0.25) is 0 Å². The average Bonchev–Trinajstić information content (AvgIpc) is 3.58. The van der Waals surface area contributed by atoms with E-state index in [1.165, 1.54) is 19.3 Å². The maximum Gasteiger partial charge on any atom is 0.231 e. The summed E-state index contributed by atoms with van der Waals surface area (Å²) in [5, 5.41) is 6.81. The van der Waals surface area contributed by atoms with Gasteiger partial charge in [0, 0.05) is 12.6 Å². The van der Waals surface area contributed by atoms with Crippen molar-refractivity contribution in [2.24, 2.45) is 0 Å². The molecule has 1 aliphatic heterocycles. The Hall–Kier alpha value is -4.01. The van der Waals surface area contributed by atoms with Gasteiger partial charge in [0.25, 0.3) is 0 Å². The Bertz CT molecular complexity index is 1320. The second kappa shape index (κ2) is 10.3. The lowest BCUT2D eigenvalue weighted by atomic mass is 9.95. The molecular weight excluding hydrogens is 456 g/mol. The number of rotatable bonds is 9. The zero-order valence-electron chi connectivity index (χ0n) is 20.2. The van der Waals surface area contributed by atoms with E-state index in [1.807, 2.05) is 54.9 Å². The largest absolute Gasteiger partial charge is 0.492 e. The number of hydrogen-bond acceptors (Lipinski definition) is 8. The fourth-order valence-corrected chi connectivity index (χ4v) is 4.83. The molecule has 0 radical (unpaired) electrons. The van der Waals surface area contributed by atoms with E-state index in [9.17, 15) is 0 Å². The number of para-hydroxylation sites is 1. The monoisotopic (exact) mass is 486 g/mol. The SMILES string of the molecule is c1ccc(OCCNc2nc(NCc3ccc4c(c3)OCO4)nc3c2ncn3C2CCCCC2)cc1. The number of nitrogens with one attached hydrogen (secondary N) is 2. The molecule has 0 atom stereocenters. The molecule has 0 spiro atoms. The highest BCUT2D eigenvalue weighted by Gasteiger charge is 2.21. The Balaban J connectivity index is 1.22. The van der Waals surface area contributed by atoms with Crippen LogP contribution in [0.4, 0.5) is 11.8 Å². The molecule has 36 heavy (non-hydrogen) atoms. The zero-order valence-corrected chi connectivity index (χ0v) is 20.2. The molecule has 2 aromatic heterocycles. The zero-order chi connectivity index (χ0) is 24.2. The summed E-state index contributed by atoms with van der Waals surface area (Å²) in [5.74, 6) is 3.65. The molecule has 0 bridgehead atoms. The van der Waals surface area contributed by atoms with E-state index < -0.39 is 0 Å². The first-order valence-electron chi connectivity index (χ1n) is 12.6. The molecular formula is C27H30N6O3. The van der Waals surface area contributed by atoms with Gasteiger partial charge in [-0.05, 0) is 42.7 Å². The molecule has 3 heterocycles. The minimum Gasteiger partial charge on any atom is -0.492 e. The first kappa shape index (κ1) is 22.5. The number of anilines is 2. The lowest BCUT2D eigenvalue weighted by Gasteiger charge is -2.23. The number of ether oxygens (including phenoxy) is 3. The maximum absolute atomic E-state index is 5.84. The van der Waals surface area contributed by atoms with Gasteiger partial charge in [0.1, 0.15) is 12.4 Å². The quantitative estimate of drug-likeness (QED) is 0.313. The van der Waals surface area contributed by atoms with Crippen molar-refractivity contribution in [3.63, 3.8) is 0 Å². The molecule has 1 fully saturated rings. The van der Waals surface area contributed by atoms with Gasteiger partial charge in [-0.15, -0.1) is 0 Å². The standard InChI is InChI=1S/C27H30N6O3/c1-3-7-20(8-4-1)33-17-30-24-25(28-13-14-34-21-9-5-2-6-10-21)31-27(32-26(24)33)29-16-19-11-12-22-23(15-19)36-18-35-22/h2,5-6,9-12,15,17,20H,1,3-4,7-8,13-14,16,18H2,(H2,28,29,31,32). The summed E-state index contributed by atoms with van der Waals surface area (Å²) >= 11 is 0. The molecule has 9 heteroatoms. The molecule has 0 amide bonds. The van der Waals surface area contributed by atoms with Crippen molar-refractivity contribution in [1.82, 2.24) is 19.5 Å². The lowest BCUT2D eigenvalue weighted by molar-refractivity contribution is 0.174. The van der Waals surface area contributed by atoms with Crippen molar-refractivity contribution in [3.8, 4) is 17.2 Å². The van der Waals surface area contributed by atoms with Crippen molar-refractivity contribution >= 4 is 22.9 Å². The van der Waals surface area contributed by atoms with Crippen LogP contribution >= 0.6 is 0 Å². The van der Waals surface area contributed by atoms with E-state index in [1.54, 1.807) is 0 Å². The number of imidazole rings is 1. The molecule has 0 unspecified atom stereocenters. The topological polar surface area (TPSA) is 95.3 Å². The second-order valence-electron chi connectivity index (χ2n) is 9.14. The number of benzene rings is 2. The molecule has 9 nitrogen and oxygen atoms in total. The van der Waals surface area contributed by atoms with Crippen LogP contribution in [-0.2, 0) is 6.54 Å². The van der Waals surface area contributed by atoms with E-state index >= 15 is 0 Å². The van der Waals surface area contributed by atoms with Gasteiger partial charge in [-0.2, -0.15) is 9.97 Å². The summed E-state index contributed by atoms with van der Waals surface area (Å²) in [5.41, 5.74) is 2.71. The molecule has 4 aromatic rings. The first-order chi connectivity index (χ1) is 17.8. The Kier molecular flexibility index (Phi) is 6.43. The molecule has 186 valence electrons. The Morgan fingerprint density at radius 3 is 2.69 bits per heavy atom. The van der Waals surface area contributed by atoms with Gasteiger partial charge in [0.05, 0.1) is 12.9 Å². The Morgan fingerprint density at radius 2 is 1.81 bits per heavy atom. The van der Waals surface area contributed by atoms with Gasteiger partial charge in [0.2, 0.25) is 12.7 Å². The van der Waals surface area contributed by atoms with Crippen LogP contribution in [0.2, 0.25) is 0 Å². The van der Waals surface area contributed by atoms with Crippen LogP contribution in [0.15, 0.2) is 54.9 Å². The van der Waals surface area contributed by atoms with E-state index in [0.29, 0.717) is 37.5 Å². The van der Waals surface area contributed by atoms with Crippen molar-refractivity contribution < 1.29 is 14.2 Å². The number of fused-ring (bicyclic) bond motifs is 2. The fraction of sp³-hybridized carbons (Fsp3) is 0.370. The fourth-order valence-electron chi connectivity index (χ4n) is 4.83. The van der Waals surface area contributed by atoms with Crippen LogP contribution in [0.25, 0.3) is 11.2 Å². The molecule has 1 aliphatic carbocycles. The van der Waals surface area contributed by atoms with E-state index in [-0.39, 0.29) is 6.79 Å². The minimum absolute atomic E-state index is 0.264. The summed E-state index contributed by atoms with van der Waals surface area (Å²) in [6, 6.07) is 16.2. The highest BCUT2D eigenvalue weighted by atomic mass is 16.7. The summed E-state index contributed by atoms with van der Waals surface area (Å²) in [6.07, 6.45) is 8.02. The summed E-state index contributed by atoms with van der Waals surface area (Å²) in [6.45, 7) is 1.94. The van der Waals surface area contributed by atoms with E-state index in [4.69, 9.17) is 29.2 Å². The van der Waals surface area contributed by atoms with Gasteiger partial charge >= 0.3 is 0 Å². The van der Waals surface area contributed by atoms with Gasteiger partial charge in [-0.25, -0.2) is 4.98 Å². The van der Waals surface area contributed by atoms with Gasteiger partial charge in [-0.1, -0.05) is 43.5 Å². The van der Waals surface area contributed by atoms with E-state index in [2.05, 4.69) is 15.2 Å². The predicted octanol–water partition coefficient (Wildman–Crippen LogP) is 5.16. The smallest absolute Gasteiger partial charge is 0.231 e. The molecule has 1 saturated carbocycles. The lowest BCUT2D eigenvalue weighted by Crippen LogP contribution is -2.15. The van der Waals surface area contributed by atoms with Crippen LogP contribution < -0.4 is 24.8 Å². The number of nitrogens with zero attached hydrogens (tertiary/aromatic N) is 4. The minimum atomic E-state index is 0.264. The summed E-state index contributed by atoms with van der Waals surface area (Å²) < 4.78 is 19.0. The molecule has 2 aliphatic rings. The highest BCUT2D eigenvalue weighted by molar-refractivity contribution is 5.84. The molecule has 6 rings (SSSR count). The van der Waals surface area contributed by atoms with Crippen molar-refractivity contribution in [3.05, 3.63) is 60.4 Å². The Labute approximate surface area is 209 Å². The van der Waals surface area contributed by atoms with Crippen LogP contribution in [0.5, 0.6) is 17.2 Å². The van der Waals surface area contributed by atoms with Crippen molar-refractivity contribution in [1.29, 1.82) is 0 Å². The van der Waals surface area contributed by atoms with Crippen LogP contribution in [0, 0.1) is 0 Å². The summed E-state index contributed by atoms with van der Waals surface area (Å²) in [7, 11) is 0. The third-order valence-corrected chi connectivity index (χ3v) is 6.68. The molecule has 2 N–H and O–H groups in total. The van der Waals surface area contributed by atoms with Crippen molar-refractivity contribution in [2.75, 3.05) is 30.6 Å². The van der Waals surface area contributed by atoms with Gasteiger partial charge in [0.15, 0.2) is 28.5 Å². The number of hydrogen-bond donors (Lipinski definition) is 2. The maximum atomic E-state index is 5.84. The second-order valence-corrected chi connectivity index (χ2v) is 9.14. The normalized spacial score (nSPS) is 15.2. The first-order valence-corrected chi connectivity index (χ1v) is 12.6. The van der Waals surface area contributed by atoms with Crippen LogP contribution in [0.3, 0.4) is 0 Å². The average molecular weight is 487 g/mol. The Morgan fingerprint density at radius 1 is 0.944 bits per heavy atom. The van der Waals surface area contributed by atoms with Crippen molar-refractivity contribution in [2.45, 2.75) is 44.7 Å². The van der Waals surface area contributed by atoms with Crippen LogP contribution in [-0.4, -0.2) is 39.5 Å². The third-order valence-electron chi connectivity index (χ3n) is 6.68. The summed E-state index contributed by atoms with van der Waals surface area (Å²) in [4.78, 5) is 14.4. The van der Waals surface area contributed by atoms with E-state index in [0.717, 1.165) is 46.8 Å². The predicted molar refractivity (Wildman–Crippen MR) is 138 cm³/mol.